The van der Waals surface area contributed by atoms with Gasteiger partial charge in [-0.05, 0) is 26.0 Å². The van der Waals surface area contributed by atoms with Gasteiger partial charge in [-0.3, -0.25) is 9.69 Å². The van der Waals surface area contributed by atoms with Gasteiger partial charge in [0.25, 0.3) is 0 Å². The average Bonchev–Trinajstić information content (AvgIpc) is 2.55. The molecule has 120 valence electrons. The van der Waals surface area contributed by atoms with Crippen LogP contribution in [0.25, 0.3) is 0 Å². The van der Waals surface area contributed by atoms with Crippen LogP contribution in [0.2, 0.25) is 0 Å². The van der Waals surface area contributed by atoms with Gasteiger partial charge in [-0.2, -0.15) is 0 Å². The van der Waals surface area contributed by atoms with Crippen molar-refractivity contribution in [2.45, 2.75) is 19.9 Å². The van der Waals surface area contributed by atoms with Crippen molar-refractivity contribution in [2.24, 2.45) is 0 Å². The first-order valence-electron chi connectivity index (χ1n) is 8.00. The molecule has 6 nitrogen and oxygen atoms in total. The van der Waals surface area contributed by atoms with Crippen molar-refractivity contribution < 1.29 is 9.53 Å². The van der Waals surface area contributed by atoms with Crippen LogP contribution >= 0.6 is 0 Å². The number of hydrogen-bond acceptors (Lipinski definition) is 5. The zero-order valence-corrected chi connectivity index (χ0v) is 13.4. The molecule has 22 heavy (non-hydrogen) atoms. The summed E-state index contributed by atoms with van der Waals surface area (Å²) in [5.41, 5.74) is 0. The lowest BCUT2D eigenvalue weighted by Gasteiger charge is -2.38. The minimum Gasteiger partial charge on any atom is -0.488 e. The van der Waals surface area contributed by atoms with Crippen molar-refractivity contribution >= 4 is 11.7 Å². The van der Waals surface area contributed by atoms with Crippen LogP contribution in [0.4, 0.5) is 5.82 Å². The zero-order chi connectivity index (χ0) is 15.5. The Balaban J connectivity index is 1.59. The molecule has 3 heterocycles. The molecule has 3 rings (SSSR count). The molecule has 0 aromatic carbocycles. The van der Waals surface area contributed by atoms with Crippen molar-refractivity contribution in [3.63, 3.8) is 0 Å². The normalized spacial score (nSPS) is 19.0. The van der Waals surface area contributed by atoms with E-state index in [-0.39, 0.29) is 5.91 Å². The molecule has 2 aliphatic heterocycles. The standard InChI is InChI=1S/C16H24N4O2/c1-13(2)18-6-8-19(9-7-18)15(21)12-20-10-11-22-14-4-3-5-17-16(14)20/h3-5,13H,6-12H2,1-2H3. The highest BCUT2D eigenvalue weighted by Crippen LogP contribution is 2.28. The molecule has 0 N–H and O–H groups in total. The number of pyridine rings is 1. The number of anilines is 1. The number of nitrogens with zero attached hydrogens (tertiary/aromatic N) is 4. The van der Waals surface area contributed by atoms with Gasteiger partial charge in [0.1, 0.15) is 6.61 Å². The molecule has 1 fully saturated rings. The van der Waals surface area contributed by atoms with Gasteiger partial charge in [-0.25, -0.2) is 4.98 Å². The van der Waals surface area contributed by atoms with Crippen LogP contribution in [0.3, 0.4) is 0 Å². The second kappa shape index (κ2) is 6.52. The highest BCUT2D eigenvalue weighted by atomic mass is 16.5. The third-order valence-corrected chi connectivity index (χ3v) is 4.39. The highest BCUT2D eigenvalue weighted by molar-refractivity contribution is 5.82. The molecule has 0 atom stereocenters. The largest absolute Gasteiger partial charge is 0.488 e. The van der Waals surface area contributed by atoms with Crippen molar-refractivity contribution in [3.05, 3.63) is 18.3 Å². The van der Waals surface area contributed by atoms with E-state index in [0.717, 1.165) is 37.7 Å². The molecular formula is C16H24N4O2. The summed E-state index contributed by atoms with van der Waals surface area (Å²) in [6, 6.07) is 4.31. The van der Waals surface area contributed by atoms with Gasteiger partial charge in [-0.1, -0.05) is 0 Å². The minimum absolute atomic E-state index is 0.182. The lowest BCUT2D eigenvalue weighted by atomic mass is 10.2. The quantitative estimate of drug-likeness (QED) is 0.828. The number of rotatable bonds is 3. The van der Waals surface area contributed by atoms with Crippen molar-refractivity contribution in [1.29, 1.82) is 0 Å². The number of piperazine rings is 1. The molecule has 0 radical (unpaired) electrons. The summed E-state index contributed by atoms with van der Waals surface area (Å²) in [5, 5.41) is 0. The van der Waals surface area contributed by atoms with Gasteiger partial charge in [0, 0.05) is 38.4 Å². The maximum atomic E-state index is 12.5. The minimum atomic E-state index is 0.182. The Kier molecular flexibility index (Phi) is 4.47. The molecule has 1 aromatic heterocycles. The van der Waals surface area contributed by atoms with E-state index in [1.807, 2.05) is 21.9 Å². The number of fused-ring (bicyclic) bond motifs is 1. The van der Waals surface area contributed by atoms with E-state index in [0.29, 0.717) is 25.7 Å². The molecule has 1 aromatic rings. The molecule has 0 spiro atoms. The molecule has 0 aliphatic carbocycles. The van der Waals surface area contributed by atoms with Gasteiger partial charge >= 0.3 is 0 Å². The Labute approximate surface area is 131 Å². The third kappa shape index (κ3) is 3.16. The molecule has 2 aliphatic rings. The fourth-order valence-corrected chi connectivity index (χ4v) is 3.01. The van der Waals surface area contributed by atoms with Crippen LogP contribution in [-0.4, -0.2) is 72.6 Å². The Morgan fingerprint density at radius 3 is 2.77 bits per heavy atom. The van der Waals surface area contributed by atoms with E-state index in [9.17, 15) is 4.79 Å². The molecule has 0 saturated carbocycles. The summed E-state index contributed by atoms with van der Waals surface area (Å²) >= 11 is 0. The maximum Gasteiger partial charge on any atom is 0.242 e. The van der Waals surface area contributed by atoms with Gasteiger partial charge in [0.05, 0.1) is 13.1 Å². The number of ether oxygens (including phenoxy) is 1. The number of carbonyl (C=O) groups excluding carboxylic acids is 1. The summed E-state index contributed by atoms with van der Waals surface area (Å²) in [6.45, 7) is 9.65. The van der Waals surface area contributed by atoms with Crippen LogP contribution in [0.15, 0.2) is 18.3 Å². The first kappa shape index (κ1) is 15.1. The van der Waals surface area contributed by atoms with E-state index in [2.05, 4.69) is 23.7 Å². The number of aromatic nitrogens is 1. The van der Waals surface area contributed by atoms with Gasteiger partial charge in [0.15, 0.2) is 11.6 Å². The lowest BCUT2D eigenvalue weighted by Crippen LogP contribution is -2.53. The van der Waals surface area contributed by atoms with Crippen LogP contribution in [-0.2, 0) is 4.79 Å². The summed E-state index contributed by atoms with van der Waals surface area (Å²) in [6.07, 6.45) is 1.74. The molecule has 1 amide bonds. The smallest absolute Gasteiger partial charge is 0.242 e. The van der Waals surface area contributed by atoms with Gasteiger partial charge < -0.3 is 14.5 Å². The van der Waals surface area contributed by atoms with E-state index in [1.165, 1.54) is 0 Å². The average molecular weight is 304 g/mol. The van der Waals surface area contributed by atoms with E-state index in [1.54, 1.807) is 6.20 Å². The van der Waals surface area contributed by atoms with Crippen molar-refractivity contribution in [2.75, 3.05) is 50.8 Å². The Bertz CT molecular complexity index is 527. The SMILES string of the molecule is CC(C)N1CCN(C(=O)CN2CCOc3cccnc32)CC1. The van der Waals surface area contributed by atoms with Crippen LogP contribution < -0.4 is 9.64 Å². The summed E-state index contributed by atoms with van der Waals surface area (Å²) in [7, 11) is 0. The molecule has 0 bridgehead atoms. The topological polar surface area (TPSA) is 48.9 Å². The lowest BCUT2D eigenvalue weighted by molar-refractivity contribution is -0.131. The zero-order valence-electron chi connectivity index (χ0n) is 13.4. The first-order chi connectivity index (χ1) is 10.6. The predicted octanol–water partition coefficient (Wildman–Crippen LogP) is 0.833. The maximum absolute atomic E-state index is 12.5. The molecular weight excluding hydrogens is 280 g/mol. The summed E-state index contributed by atoms with van der Waals surface area (Å²) in [4.78, 5) is 23.3. The summed E-state index contributed by atoms with van der Waals surface area (Å²) in [5.74, 6) is 1.73. The molecule has 1 saturated heterocycles. The Morgan fingerprint density at radius 2 is 2.05 bits per heavy atom. The Morgan fingerprint density at radius 1 is 1.27 bits per heavy atom. The van der Waals surface area contributed by atoms with E-state index in [4.69, 9.17) is 4.74 Å². The summed E-state index contributed by atoms with van der Waals surface area (Å²) < 4.78 is 5.59. The van der Waals surface area contributed by atoms with Gasteiger partial charge in [-0.15, -0.1) is 0 Å². The predicted molar refractivity (Wildman–Crippen MR) is 85.2 cm³/mol. The fourth-order valence-electron chi connectivity index (χ4n) is 3.01. The number of hydrogen-bond donors (Lipinski definition) is 0. The molecule has 0 unspecified atom stereocenters. The fraction of sp³-hybridized carbons (Fsp3) is 0.625. The van der Waals surface area contributed by atoms with E-state index < -0.39 is 0 Å². The monoisotopic (exact) mass is 304 g/mol. The van der Waals surface area contributed by atoms with E-state index >= 15 is 0 Å². The number of amides is 1. The van der Waals surface area contributed by atoms with Gasteiger partial charge in [0.2, 0.25) is 5.91 Å². The Hall–Kier alpha value is -1.82. The second-order valence-electron chi connectivity index (χ2n) is 6.11. The van der Waals surface area contributed by atoms with Crippen molar-refractivity contribution in [1.82, 2.24) is 14.8 Å². The third-order valence-electron chi connectivity index (χ3n) is 4.39. The van der Waals surface area contributed by atoms with Crippen LogP contribution in [0.5, 0.6) is 5.75 Å². The van der Waals surface area contributed by atoms with Crippen LogP contribution in [0.1, 0.15) is 13.8 Å². The first-order valence-corrected chi connectivity index (χ1v) is 8.00. The second-order valence-corrected chi connectivity index (χ2v) is 6.11. The number of carbonyl (C=O) groups is 1. The molecule has 6 heteroatoms. The van der Waals surface area contributed by atoms with Crippen LogP contribution in [0, 0.1) is 0 Å². The van der Waals surface area contributed by atoms with Crippen molar-refractivity contribution in [3.8, 4) is 5.75 Å². The highest BCUT2D eigenvalue weighted by Gasteiger charge is 2.26.